The summed E-state index contributed by atoms with van der Waals surface area (Å²) in [5, 5.41) is 3.83. The van der Waals surface area contributed by atoms with Gasteiger partial charge in [-0.25, -0.2) is 0 Å². The van der Waals surface area contributed by atoms with Crippen LogP contribution in [-0.4, -0.2) is 32.4 Å². The number of nitrogens with one attached hydrogen (secondary N) is 2. The molecule has 1 aromatic heterocycles. The number of amides is 1. The summed E-state index contributed by atoms with van der Waals surface area (Å²) in [5.74, 6) is -0.335. The van der Waals surface area contributed by atoms with Gasteiger partial charge in [0.2, 0.25) is 0 Å². The Labute approximate surface area is 190 Å². The lowest BCUT2D eigenvalue weighted by Crippen LogP contribution is -2.47. The number of halogens is 2. The van der Waals surface area contributed by atoms with Crippen LogP contribution in [0.4, 0.5) is 11.4 Å². The fraction of sp³-hybridized carbons (Fsp3) is 0.143. The van der Waals surface area contributed by atoms with E-state index in [-0.39, 0.29) is 5.91 Å². The van der Waals surface area contributed by atoms with Gasteiger partial charge in [-0.2, -0.15) is 13.1 Å². The summed E-state index contributed by atoms with van der Waals surface area (Å²) in [5.41, 5.74) is 2.67. The zero-order valence-corrected chi connectivity index (χ0v) is 18.5. The van der Waals surface area contributed by atoms with Crippen LogP contribution in [0.2, 0.25) is 10.0 Å². The molecule has 0 spiro atoms. The molecule has 2 N–H and O–H groups in total. The highest BCUT2D eigenvalue weighted by Gasteiger charge is 2.25. The van der Waals surface area contributed by atoms with Crippen molar-refractivity contribution in [1.82, 2.24) is 9.71 Å². The molecular formula is C21H18Cl2N4O3S. The maximum absolute atomic E-state index is 12.7. The van der Waals surface area contributed by atoms with Gasteiger partial charge in [-0.1, -0.05) is 23.2 Å². The molecule has 1 amide bonds. The van der Waals surface area contributed by atoms with Gasteiger partial charge in [-0.05, 0) is 61.0 Å². The van der Waals surface area contributed by atoms with E-state index >= 15 is 0 Å². The van der Waals surface area contributed by atoms with Crippen LogP contribution >= 0.6 is 23.2 Å². The molecule has 0 saturated carbocycles. The number of pyridine rings is 1. The molecule has 0 unspecified atom stereocenters. The molecule has 2 heterocycles. The first-order valence-corrected chi connectivity index (χ1v) is 11.6. The highest BCUT2D eigenvalue weighted by molar-refractivity contribution is 7.90. The predicted octanol–water partition coefficient (Wildman–Crippen LogP) is 4.35. The molecule has 2 aromatic carbocycles. The van der Waals surface area contributed by atoms with Crippen molar-refractivity contribution >= 4 is 50.7 Å². The first-order valence-electron chi connectivity index (χ1n) is 9.44. The lowest BCUT2D eigenvalue weighted by atomic mass is 10.1. The van der Waals surface area contributed by atoms with E-state index in [9.17, 15) is 13.2 Å². The van der Waals surface area contributed by atoms with Gasteiger partial charge in [-0.3, -0.25) is 14.1 Å². The summed E-state index contributed by atoms with van der Waals surface area (Å²) in [6.45, 7) is 0.819. The van der Waals surface area contributed by atoms with Gasteiger partial charge in [0.05, 0.1) is 16.4 Å². The van der Waals surface area contributed by atoms with E-state index in [0.717, 1.165) is 0 Å². The number of hydrogen-bond acceptors (Lipinski definition) is 4. The number of rotatable bonds is 4. The molecule has 0 aliphatic carbocycles. The second-order valence-electron chi connectivity index (χ2n) is 6.88. The summed E-state index contributed by atoms with van der Waals surface area (Å²) in [6.07, 6.45) is 2.29. The first kappa shape index (κ1) is 21.6. The monoisotopic (exact) mass is 476 g/mol. The molecule has 0 radical (unpaired) electrons. The Morgan fingerprint density at radius 1 is 1.06 bits per heavy atom. The lowest BCUT2D eigenvalue weighted by Gasteiger charge is -2.28. The minimum Gasteiger partial charge on any atom is -0.322 e. The smallest absolute Gasteiger partial charge is 0.301 e. The second kappa shape index (κ2) is 8.84. The number of benzene rings is 2. The van der Waals surface area contributed by atoms with Gasteiger partial charge in [0.15, 0.2) is 0 Å². The number of nitrogens with zero attached hydrogens (tertiary/aromatic N) is 2. The van der Waals surface area contributed by atoms with E-state index in [2.05, 4.69) is 15.0 Å². The topological polar surface area (TPSA) is 91.4 Å². The van der Waals surface area contributed by atoms with Crippen molar-refractivity contribution in [2.75, 3.05) is 22.7 Å². The van der Waals surface area contributed by atoms with Crippen LogP contribution in [-0.2, 0) is 10.2 Å². The van der Waals surface area contributed by atoms with Crippen molar-refractivity contribution in [2.24, 2.45) is 0 Å². The van der Waals surface area contributed by atoms with Crippen molar-refractivity contribution in [1.29, 1.82) is 0 Å². The Morgan fingerprint density at radius 3 is 2.55 bits per heavy atom. The fourth-order valence-corrected chi connectivity index (χ4v) is 4.92. The van der Waals surface area contributed by atoms with Crippen molar-refractivity contribution in [2.45, 2.75) is 6.42 Å². The number of anilines is 2. The highest BCUT2D eigenvalue weighted by Crippen LogP contribution is 2.31. The molecule has 1 fully saturated rings. The van der Waals surface area contributed by atoms with Gasteiger partial charge in [0, 0.05) is 41.1 Å². The zero-order valence-electron chi connectivity index (χ0n) is 16.2. The van der Waals surface area contributed by atoms with Gasteiger partial charge in [0.1, 0.15) is 0 Å². The molecule has 1 saturated heterocycles. The van der Waals surface area contributed by atoms with Crippen LogP contribution < -0.4 is 14.3 Å². The normalized spacial score (nSPS) is 15.5. The number of carbonyl (C=O) groups excluding carboxylic acids is 1. The lowest BCUT2D eigenvalue weighted by molar-refractivity contribution is 0.102. The fourth-order valence-electron chi connectivity index (χ4n) is 3.22. The molecule has 1 aliphatic rings. The Kier molecular flexibility index (Phi) is 6.15. The third-order valence-corrected chi connectivity index (χ3v) is 6.86. The standard InChI is InChI=1S/C21H18Cl2N4O3S/c22-15-8-10-24-20(12-15)18-13-16(4-7-19(18)23)26-21(28)14-2-5-17(6-3-14)27-11-1-9-25-31(27,29)30/h2-8,10,12-13,25H,1,9,11H2,(H,26,28). The van der Waals surface area contributed by atoms with E-state index in [1.165, 1.54) is 4.31 Å². The molecule has 0 atom stereocenters. The quantitative estimate of drug-likeness (QED) is 0.585. The van der Waals surface area contributed by atoms with Crippen LogP contribution in [0.25, 0.3) is 11.3 Å². The van der Waals surface area contributed by atoms with Gasteiger partial charge >= 0.3 is 10.2 Å². The van der Waals surface area contributed by atoms with E-state index in [0.29, 0.717) is 57.8 Å². The Morgan fingerprint density at radius 2 is 1.84 bits per heavy atom. The predicted molar refractivity (Wildman–Crippen MR) is 123 cm³/mol. The molecular weight excluding hydrogens is 459 g/mol. The van der Waals surface area contributed by atoms with Crippen molar-refractivity contribution in [3.05, 3.63) is 76.4 Å². The average molecular weight is 477 g/mol. The molecule has 7 nitrogen and oxygen atoms in total. The largest absolute Gasteiger partial charge is 0.322 e. The highest BCUT2D eigenvalue weighted by atomic mass is 35.5. The first-order chi connectivity index (χ1) is 14.8. The van der Waals surface area contributed by atoms with Crippen molar-refractivity contribution in [3.8, 4) is 11.3 Å². The molecule has 0 bridgehead atoms. The molecule has 10 heteroatoms. The van der Waals surface area contributed by atoms with Crippen LogP contribution in [0, 0.1) is 0 Å². The molecule has 3 aromatic rings. The van der Waals surface area contributed by atoms with Crippen molar-refractivity contribution in [3.63, 3.8) is 0 Å². The average Bonchev–Trinajstić information content (AvgIpc) is 2.75. The van der Waals surface area contributed by atoms with Crippen molar-refractivity contribution < 1.29 is 13.2 Å². The minimum absolute atomic E-state index is 0.335. The van der Waals surface area contributed by atoms with Crippen LogP contribution in [0.5, 0.6) is 0 Å². The summed E-state index contributed by atoms with van der Waals surface area (Å²) in [7, 11) is -3.54. The van der Waals surface area contributed by atoms with Gasteiger partial charge in [0.25, 0.3) is 5.91 Å². The molecule has 160 valence electrons. The second-order valence-corrected chi connectivity index (χ2v) is 9.40. The Bertz CT molecular complexity index is 1230. The zero-order chi connectivity index (χ0) is 22.0. The molecule has 4 rings (SSSR count). The summed E-state index contributed by atoms with van der Waals surface area (Å²) >= 11 is 12.3. The van der Waals surface area contributed by atoms with E-state index in [4.69, 9.17) is 23.2 Å². The van der Waals surface area contributed by atoms with E-state index < -0.39 is 10.2 Å². The summed E-state index contributed by atoms with van der Waals surface area (Å²) < 4.78 is 28.1. The Balaban J connectivity index is 1.53. The molecule has 1 aliphatic heterocycles. The van der Waals surface area contributed by atoms with Gasteiger partial charge < -0.3 is 5.32 Å². The maximum Gasteiger partial charge on any atom is 0.301 e. The minimum atomic E-state index is -3.54. The van der Waals surface area contributed by atoms with E-state index in [1.54, 1.807) is 60.8 Å². The third-order valence-electron chi connectivity index (χ3n) is 4.75. The number of carbonyl (C=O) groups is 1. The summed E-state index contributed by atoms with van der Waals surface area (Å²) in [6, 6.07) is 14.8. The number of aromatic nitrogens is 1. The van der Waals surface area contributed by atoms with Gasteiger partial charge in [-0.15, -0.1) is 0 Å². The van der Waals surface area contributed by atoms with E-state index in [1.807, 2.05) is 0 Å². The third kappa shape index (κ3) is 4.83. The van der Waals surface area contributed by atoms with Crippen LogP contribution in [0.1, 0.15) is 16.8 Å². The molecule has 31 heavy (non-hydrogen) atoms. The maximum atomic E-state index is 12.7. The number of hydrogen-bond donors (Lipinski definition) is 2. The van der Waals surface area contributed by atoms with Crippen LogP contribution in [0.3, 0.4) is 0 Å². The Hall–Kier alpha value is -2.65. The summed E-state index contributed by atoms with van der Waals surface area (Å²) in [4.78, 5) is 17.0. The SMILES string of the molecule is O=C(Nc1ccc(Cl)c(-c2cc(Cl)ccn2)c1)c1ccc(N2CCCNS2(=O)=O)cc1. The van der Waals surface area contributed by atoms with Crippen LogP contribution in [0.15, 0.2) is 60.8 Å².